The van der Waals surface area contributed by atoms with Crippen LogP contribution in [0, 0.1) is 17.6 Å². The maximum absolute atomic E-state index is 13.7. The third-order valence-electron chi connectivity index (χ3n) is 3.22. The van der Waals surface area contributed by atoms with Gasteiger partial charge in [0, 0.05) is 10.9 Å². The molecule has 1 unspecified atom stereocenters. The first-order chi connectivity index (χ1) is 9.61. The Labute approximate surface area is 127 Å². The van der Waals surface area contributed by atoms with Crippen LogP contribution < -0.4 is 0 Å². The zero-order chi connectivity index (χ0) is 14.5. The van der Waals surface area contributed by atoms with E-state index >= 15 is 0 Å². The van der Waals surface area contributed by atoms with Gasteiger partial charge in [-0.2, -0.15) is 0 Å². The Hall–Kier alpha value is -1.12. The predicted octanol–water partition coefficient (Wildman–Crippen LogP) is 5.26. The van der Waals surface area contributed by atoms with E-state index in [4.69, 9.17) is 23.2 Å². The molecule has 2 rings (SSSR count). The maximum Gasteiger partial charge on any atom is 0.162 e. The van der Waals surface area contributed by atoms with Crippen LogP contribution in [0.4, 0.5) is 8.78 Å². The molecule has 1 atom stereocenters. The van der Waals surface area contributed by atoms with Gasteiger partial charge in [-0.1, -0.05) is 41.9 Å². The number of hydrogen-bond donors (Lipinski definition) is 0. The highest BCUT2D eigenvalue weighted by molar-refractivity contribution is 6.31. The summed E-state index contributed by atoms with van der Waals surface area (Å²) in [5.41, 5.74) is 1.32. The Morgan fingerprint density at radius 1 is 0.900 bits per heavy atom. The molecule has 2 aromatic rings. The van der Waals surface area contributed by atoms with Gasteiger partial charge in [0.25, 0.3) is 0 Å². The fourth-order valence-corrected chi connectivity index (χ4v) is 2.60. The highest BCUT2D eigenvalue weighted by atomic mass is 35.5. The Bertz CT molecular complexity index is 584. The fraction of sp³-hybridized carbons (Fsp3) is 0.250. The van der Waals surface area contributed by atoms with Crippen molar-refractivity contribution < 1.29 is 8.78 Å². The van der Waals surface area contributed by atoms with Crippen LogP contribution >= 0.6 is 23.2 Å². The molecule has 0 aliphatic rings. The van der Waals surface area contributed by atoms with Crippen LogP contribution in [0.25, 0.3) is 0 Å². The van der Waals surface area contributed by atoms with E-state index in [9.17, 15) is 8.78 Å². The minimum atomic E-state index is -0.825. The van der Waals surface area contributed by atoms with E-state index in [1.165, 1.54) is 6.07 Å². The van der Waals surface area contributed by atoms with Crippen molar-refractivity contribution in [2.45, 2.75) is 12.8 Å². The van der Waals surface area contributed by atoms with Crippen LogP contribution in [-0.2, 0) is 12.8 Å². The van der Waals surface area contributed by atoms with Crippen molar-refractivity contribution in [2.75, 3.05) is 5.88 Å². The van der Waals surface area contributed by atoms with Gasteiger partial charge in [-0.15, -0.1) is 11.6 Å². The normalized spacial score (nSPS) is 12.4. The van der Waals surface area contributed by atoms with Gasteiger partial charge in [0.05, 0.1) is 0 Å². The van der Waals surface area contributed by atoms with Crippen LogP contribution in [0.3, 0.4) is 0 Å². The molecule has 0 aliphatic carbocycles. The summed E-state index contributed by atoms with van der Waals surface area (Å²) < 4.78 is 26.9. The highest BCUT2D eigenvalue weighted by Crippen LogP contribution is 2.23. The fourth-order valence-electron chi connectivity index (χ4n) is 2.17. The zero-order valence-electron chi connectivity index (χ0n) is 10.8. The molecule has 106 valence electrons. The Morgan fingerprint density at radius 3 is 2.25 bits per heavy atom. The van der Waals surface area contributed by atoms with Gasteiger partial charge in [-0.25, -0.2) is 8.78 Å². The summed E-state index contributed by atoms with van der Waals surface area (Å²) in [6.45, 7) is 0. The van der Waals surface area contributed by atoms with Gasteiger partial charge in [0.15, 0.2) is 11.6 Å². The molecule has 0 aromatic heterocycles. The number of benzene rings is 2. The molecule has 0 spiro atoms. The van der Waals surface area contributed by atoms with Crippen LogP contribution in [0.2, 0.25) is 5.02 Å². The molecule has 2 aromatic carbocycles. The number of hydrogen-bond acceptors (Lipinski definition) is 0. The highest BCUT2D eigenvalue weighted by Gasteiger charge is 2.15. The first kappa shape index (κ1) is 15.3. The smallest absolute Gasteiger partial charge is 0.162 e. The molecule has 0 bridgehead atoms. The SMILES string of the molecule is Fc1cccc(CC(CCl)Cc2ccccc2Cl)c1F. The molecule has 0 fully saturated rings. The van der Waals surface area contributed by atoms with Crippen molar-refractivity contribution in [1.29, 1.82) is 0 Å². The number of halogens is 4. The monoisotopic (exact) mass is 314 g/mol. The Balaban J connectivity index is 2.14. The van der Waals surface area contributed by atoms with Gasteiger partial charge in [-0.3, -0.25) is 0 Å². The van der Waals surface area contributed by atoms with E-state index in [-0.39, 0.29) is 5.92 Å². The van der Waals surface area contributed by atoms with Gasteiger partial charge >= 0.3 is 0 Å². The minimum Gasteiger partial charge on any atom is -0.204 e. The molecule has 0 N–H and O–H groups in total. The third-order valence-corrected chi connectivity index (χ3v) is 4.03. The summed E-state index contributed by atoms with van der Waals surface area (Å²) >= 11 is 12.1. The second-order valence-corrected chi connectivity index (χ2v) is 5.45. The summed E-state index contributed by atoms with van der Waals surface area (Å²) in [4.78, 5) is 0. The second-order valence-electron chi connectivity index (χ2n) is 4.73. The van der Waals surface area contributed by atoms with Crippen molar-refractivity contribution in [3.8, 4) is 0 Å². The molecule has 0 radical (unpaired) electrons. The summed E-state index contributed by atoms with van der Waals surface area (Å²) in [5.74, 6) is -1.25. The van der Waals surface area contributed by atoms with E-state index in [2.05, 4.69) is 0 Å². The first-order valence-corrected chi connectivity index (χ1v) is 7.25. The summed E-state index contributed by atoms with van der Waals surface area (Å²) in [5, 5.41) is 0.669. The predicted molar refractivity (Wildman–Crippen MR) is 79.4 cm³/mol. The van der Waals surface area contributed by atoms with Crippen molar-refractivity contribution in [3.63, 3.8) is 0 Å². The van der Waals surface area contributed by atoms with Gasteiger partial charge in [-0.05, 0) is 42.0 Å². The molecule has 0 amide bonds. The molecule has 0 heterocycles. The quantitative estimate of drug-likeness (QED) is 0.660. The molecule has 0 saturated heterocycles. The molecule has 0 saturated carbocycles. The number of alkyl halides is 1. The molecular formula is C16H14Cl2F2. The summed E-state index contributed by atoms with van der Waals surface area (Å²) in [6.07, 6.45) is 1.03. The maximum atomic E-state index is 13.7. The molecule has 4 heteroatoms. The van der Waals surface area contributed by atoms with E-state index in [0.29, 0.717) is 29.3 Å². The third kappa shape index (κ3) is 3.71. The lowest BCUT2D eigenvalue weighted by atomic mass is 9.94. The molecule has 20 heavy (non-hydrogen) atoms. The topological polar surface area (TPSA) is 0 Å². The summed E-state index contributed by atoms with van der Waals surface area (Å²) in [6, 6.07) is 11.7. The Morgan fingerprint density at radius 2 is 1.55 bits per heavy atom. The van der Waals surface area contributed by atoms with Gasteiger partial charge < -0.3 is 0 Å². The lowest BCUT2D eigenvalue weighted by Gasteiger charge is -2.15. The van der Waals surface area contributed by atoms with Crippen molar-refractivity contribution >= 4 is 23.2 Å². The van der Waals surface area contributed by atoms with Crippen LogP contribution in [0.15, 0.2) is 42.5 Å². The average molecular weight is 315 g/mol. The van der Waals surface area contributed by atoms with Gasteiger partial charge in [0.2, 0.25) is 0 Å². The standard InChI is InChI=1S/C16H14Cl2F2/c17-10-11(8-12-4-1-2-6-14(12)18)9-13-5-3-7-15(19)16(13)20/h1-7,11H,8-10H2. The van der Waals surface area contributed by atoms with Crippen LogP contribution in [0.1, 0.15) is 11.1 Å². The van der Waals surface area contributed by atoms with Gasteiger partial charge in [0.1, 0.15) is 0 Å². The van der Waals surface area contributed by atoms with Crippen LogP contribution in [0.5, 0.6) is 0 Å². The summed E-state index contributed by atoms with van der Waals surface area (Å²) in [7, 11) is 0. The van der Waals surface area contributed by atoms with Crippen molar-refractivity contribution in [1.82, 2.24) is 0 Å². The molecular weight excluding hydrogens is 301 g/mol. The lowest BCUT2D eigenvalue weighted by molar-refractivity contribution is 0.484. The Kier molecular flexibility index (Phi) is 5.38. The lowest BCUT2D eigenvalue weighted by Crippen LogP contribution is -2.12. The van der Waals surface area contributed by atoms with E-state index in [0.717, 1.165) is 11.6 Å². The molecule has 0 aliphatic heterocycles. The zero-order valence-corrected chi connectivity index (χ0v) is 12.3. The van der Waals surface area contributed by atoms with E-state index in [1.54, 1.807) is 6.07 Å². The first-order valence-electron chi connectivity index (χ1n) is 6.34. The van der Waals surface area contributed by atoms with Crippen molar-refractivity contribution in [3.05, 3.63) is 70.2 Å². The van der Waals surface area contributed by atoms with Crippen LogP contribution in [-0.4, -0.2) is 5.88 Å². The second kappa shape index (κ2) is 7.05. The van der Waals surface area contributed by atoms with Crippen molar-refractivity contribution in [2.24, 2.45) is 5.92 Å². The molecule has 0 nitrogen and oxygen atoms in total. The van der Waals surface area contributed by atoms with E-state index in [1.807, 2.05) is 24.3 Å². The minimum absolute atomic E-state index is 0.00728. The van der Waals surface area contributed by atoms with E-state index < -0.39 is 11.6 Å². The largest absolute Gasteiger partial charge is 0.204 e. The average Bonchev–Trinajstić information content (AvgIpc) is 2.45. The number of rotatable bonds is 5.